The standard InChI is InChI=1S/C14H18N4O2/c1-16-14-6-5-13(18(19)20)9-11(14)10-17(8-2-7-15)12-3-4-12/h5-6,9,12,16H,2-4,8,10H2,1H3. The number of hydrogen-bond acceptors (Lipinski definition) is 5. The average Bonchev–Trinajstić information content (AvgIpc) is 3.27. The minimum absolute atomic E-state index is 0.107. The van der Waals surface area contributed by atoms with E-state index in [2.05, 4.69) is 16.3 Å². The van der Waals surface area contributed by atoms with E-state index in [0.717, 1.165) is 24.1 Å². The molecule has 0 amide bonds. The third kappa shape index (κ3) is 3.45. The highest BCUT2D eigenvalue weighted by molar-refractivity contribution is 5.55. The highest BCUT2D eigenvalue weighted by Gasteiger charge is 2.29. The number of nitro groups is 1. The summed E-state index contributed by atoms with van der Waals surface area (Å²) < 4.78 is 0. The lowest BCUT2D eigenvalue weighted by molar-refractivity contribution is -0.384. The Morgan fingerprint density at radius 3 is 2.85 bits per heavy atom. The van der Waals surface area contributed by atoms with Crippen LogP contribution in [0.15, 0.2) is 18.2 Å². The van der Waals surface area contributed by atoms with E-state index in [1.165, 1.54) is 6.07 Å². The van der Waals surface area contributed by atoms with Crippen molar-refractivity contribution in [3.8, 4) is 6.07 Å². The van der Waals surface area contributed by atoms with Gasteiger partial charge in [0.25, 0.3) is 5.69 Å². The summed E-state index contributed by atoms with van der Waals surface area (Å²) in [7, 11) is 1.81. The van der Waals surface area contributed by atoms with Crippen LogP contribution in [0.1, 0.15) is 24.8 Å². The molecule has 0 aliphatic heterocycles. The summed E-state index contributed by atoms with van der Waals surface area (Å²) in [5.74, 6) is 0. The van der Waals surface area contributed by atoms with Gasteiger partial charge in [0, 0.05) is 50.4 Å². The molecule has 1 saturated carbocycles. The molecule has 0 bridgehead atoms. The summed E-state index contributed by atoms with van der Waals surface area (Å²) in [6.45, 7) is 1.36. The maximum atomic E-state index is 10.9. The van der Waals surface area contributed by atoms with Crippen LogP contribution in [0.25, 0.3) is 0 Å². The molecular weight excluding hydrogens is 256 g/mol. The highest BCUT2D eigenvalue weighted by atomic mass is 16.6. The van der Waals surface area contributed by atoms with Gasteiger partial charge in [0.1, 0.15) is 0 Å². The molecule has 1 fully saturated rings. The van der Waals surface area contributed by atoms with Gasteiger partial charge < -0.3 is 5.32 Å². The fourth-order valence-corrected chi connectivity index (χ4v) is 2.31. The first-order chi connectivity index (χ1) is 9.65. The van der Waals surface area contributed by atoms with Gasteiger partial charge in [-0.3, -0.25) is 15.0 Å². The number of non-ortho nitro benzene ring substituents is 1. The number of hydrogen-bond donors (Lipinski definition) is 1. The molecule has 20 heavy (non-hydrogen) atoms. The summed E-state index contributed by atoms with van der Waals surface area (Å²) in [5, 5.41) is 22.7. The second-order valence-corrected chi connectivity index (χ2v) is 4.96. The molecule has 0 atom stereocenters. The minimum Gasteiger partial charge on any atom is -0.388 e. The Morgan fingerprint density at radius 2 is 2.30 bits per heavy atom. The number of nitrogens with zero attached hydrogens (tertiary/aromatic N) is 3. The third-order valence-electron chi connectivity index (χ3n) is 3.52. The predicted octanol–water partition coefficient (Wildman–Crippen LogP) is 2.51. The second kappa shape index (κ2) is 6.35. The van der Waals surface area contributed by atoms with Crippen LogP contribution in [-0.4, -0.2) is 29.5 Å². The Labute approximate surface area is 118 Å². The zero-order valence-corrected chi connectivity index (χ0v) is 11.5. The smallest absolute Gasteiger partial charge is 0.269 e. The maximum absolute atomic E-state index is 10.9. The SMILES string of the molecule is CNc1ccc([N+](=O)[O-])cc1CN(CCC#N)C1CC1. The van der Waals surface area contributed by atoms with Gasteiger partial charge in [0.2, 0.25) is 0 Å². The molecule has 0 radical (unpaired) electrons. The van der Waals surface area contributed by atoms with Crippen LogP contribution >= 0.6 is 0 Å². The van der Waals surface area contributed by atoms with Gasteiger partial charge in [0.15, 0.2) is 0 Å². The zero-order chi connectivity index (χ0) is 14.5. The van der Waals surface area contributed by atoms with Gasteiger partial charge in [-0.1, -0.05) is 0 Å². The average molecular weight is 274 g/mol. The van der Waals surface area contributed by atoms with Crippen molar-refractivity contribution in [1.29, 1.82) is 5.26 Å². The molecule has 0 saturated heterocycles. The van der Waals surface area contributed by atoms with Crippen LogP contribution < -0.4 is 5.32 Å². The van der Waals surface area contributed by atoms with Crippen molar-refractivity contribution in [2.75, 3.05) is 18.9 Å². The first-order valence-corrected chi connectivity index (χ1v) is 6.71. The Hall–Kier alpha value is -2.13. The van der Waals surface area contributed by atoms with Gasteiger partial charge >= 0.3 is 0 Å². The van der Waals surface area contributed by atoms with E-state index >= 15 is 0 Å². The van der Waals surface area contributed by atoms with Crippen LogP contribution in [0.5, 0.6) is 0 Å². The number of anilines is 1. The Kier molecular flexibility index (Phi) is 4.53. The molecule has 1 aromatic rings. The van der Waals surface area contributed by atoms with Crippen molar-refractivity contribution in [2.24, 2.45) is 0 Å². The molecule has 0 unspecified atom stereocenters. The van der Waals surface area contributed by atoms with E-state index in [-0.39, 0.29) is 10.6 Å². The van der Waals surface area contributed by atoms with Crippen LogP contribution in [0.4, 0.5) is 11.4 Å². The van der Waals surface area contributed by atoms with Crippen LogP contribution in [0, 0.1) is 21.4 Å². The number of rotatable bonds is 7. The lowest BCUT2D eigenvalue weighted by Gasteiger charge is -2.22. The fourth-order valence-electron chi connectivity index (χ4n) is 2.31. The van der Waals surface area contributed by atoms with Crippen LogP contribution in [-0.2, 0) is 6.54 Å². The van der Waals surface area contributed by atoms with Gasteiger partial charge in [0.05, 0.1) is 11.0 Å². The quantitative estimate of drug-likeness (QED) is 0.610. The van der Waals surface area contributed by atoms with E-state index in [9.17, 15) is 10.1 Å². The Bertz CT molecular complexity index is 534. The van der Waals surface area contributed by atoms with E-state index in [1.807, 2.05) is 0 Å². The summed E-state index contributed by atoms with van der Waals surface area (Å²) in [6.07, 6.45) is 2.78. The summed E-state index contributed by atoms with van der Waals surface area (Å²) in [4.78, 5) is 12.7. The topological polar surface area (TPSA) is 82.2 Å². The van der Waals surface area contributed by atoms with E-state index in [4.69, 9.17) is 5.26 Å². The van der Waals surface area contributed by atoms with Crippen molar-refractivity contribution in [3.63, 3.8) is 0 Å². The van der Waals surface area contributed by atoms with E-state index in [1.54, 1.807) is 19.2 Å². The lowest BCUT2D eigenvalue weighted by Crippen LogP contribution is -2.27. The molecular formula is C14H18N4O2. The van der Waals surface area contributed by atoms with E-state index < -0.39 is 0 Å². The largest absolute Gasteiger partial charge is 0.388 e. The first-order valence-electron chi connectivity index (χ1n) is 6.71. The number of nitrogens with one attached hydrogen (secondary N) is 1. The van der Waals surface area contributed by atoms with Crippen molar-refractivity contribution in [2.45, 2.75) is 31.8 Å². The van der Waals surface area contributed by atoms with Crippen molar-refractivity contribution in [1.82, 2.24) is 4.90 Å². The third-order valence-corrected chi connectivity index (χ3v) is 3.52. The normalized spacial score (nSPS) is 14.1. The van der Waals surface area contributed by atoms with Crippen LogP contribution in [0.3, 0.4) is 0 Å². The minimum atomic E-state index is -0.375. The van der Waals surface area contributed by atoms with Gasteiger partial charge in [-0.15, -0.1) is 0 Å². The highest BCUT2D eigenvalue weighted by Crippen LogP contribution is 2.31. The molecule has 6 nitrogen and oxygen atoms in total. The summed E-state index contributed by atoms with van der Waals surface area (Å²) in [5.41, 5.74) is 1.92. The lowest BCUT2D eigenvalue weighted by atomic mass is 10.1. The first kappa shape index (κ1) is 14.3. The monoisotopic (exact) mass is 274 g/mol. The van der Waals surface area contributed by atoms with Gasteiger partial charge in [-0.05, 0) is 24.5 Å². The molecule has 0 aromatic heterocycles. The molecule has 1 aliphatic rings. The molecule has 6 heteroatoms. The maximum Gasteiger partial charge on any atom is 0.269 e. The molecule has 2 rings (SSSR count). The summed E-state index contributed by atoms with van der Waals surface area (Å²) in [6, 6.07) is 7.54. The van der Waals surface area contributed by atoms with Gasteiger partial charge in [-0.2, -0.15) is 5.26 Å². The van der Waals surface area contributed by atoms with Crippen molar-refractivity contribution < 1.29 is 4.92 Å². The molecule has 0 heterocycles. The van der Waals surface area contributed by atoms with Crippen LogP contribution in [0.2, 0.25) is 0 Å². The van der Waals surface area contributed by atoms with Crippen molar-refractivity contribution >= 4 is 11.4 Å². The second-order valence-electron chi connectivity index (χ2n) is 4.96. The number of benzene rings is 1. The molecule has 106 valence electrons. The number of nitro benzene ring substituents is 1. The van der Waals surface area contributed by atoms with Gasteiger partial charge in [-0.25, -0.2) is 0 Å². The predicted molar refractivity (Wildman–Crippen MR) is 76.3 cm³/mol. The fraction of sp³-hybridized carbons (Fsp3) is 0.500. The van der Waals surface area contributed by atoms with Crippen molar-refractivity contribution in [3.05, 3.63) is 33.9 Å². The Morgan fingerprint density at radius 1 is 1.55 bits per heavy atom. The Balaban J connectivity index is 2.18. The zero-order valence-electron chi connectivity index (χ0n) is 11.5. The number of nitriles is 1. The molecule has 1 N–H and O–H groups in total. The molecule has 1 aromatic carbocycles. The molecule has 1 aliphatic carbocycles. The summed E-state index contributed by atoms with van der Waals surface area (Å²) >= 11 is 0. The molecule has 0 spiro atoms. The van der Waals surface area contributed by atoms with E-state index in [0.29, 0.717) is 25.6 Å².